The van der Waals surface area contributed by atoms with Crippen LogP contribution >= 0.6 is 11.8 Å². The first-order valence-corrected chi connectivity index (χ1v) is 17.3. The molecular formula is C33H50N8O7S. The van der Waals surface area contributed by atoms with Crippen LogP contribution in [0.5, 0.6) is 11.5 Å². The number of nitrogens with one attached hydrogen (secondary N) is 6. The molecule has 0 spiro atoms. The van der Waals surface area contributed by atoms with E-state index in [2.05, 4.69) is 26.6 Å². The van der Waals surface area contributed by atoms with Crippen LogP contribution in [0.1, 0.15) is 30.4 Å². The number of carbonyl (C=O) groups excluding carboxylic acids is 4. The van der Waals surface area contributed by atoms with E-state index < -0.39 is 54.3 Å². The van der Waals surface area contributed by atoms with Crippen LogP contribution in [0.25, 0.3) is 0 Å². The SMILES string of the molecule is COc1ccc(C[C@H](N)C(=O)N[C@H](CCCNC(=N)N)C(=O)NCC(=O)N[C@@H](Cc2ccccc2)C(=O)N[C@H](CO)CCSC)cc1OC. The average Bonchev–Trinajstić information content (AvgIpc) is 3.09. The van der Waals surface area contributed by atoms with Gasteiger partial charge in [0.25, 0.3) is 0 Å². The van der Waals surface area contributed by atoms with Crippen LogP contribution in [0.4, 0.5) is 0 Å². The summed E-state index contributed by atoms with van der Waals surface area (Å²) in [5.41, 5.74) is 13.1. The van der Waals surface area contributed by atoms with Gasteiger partial charge in [-0.3, -0.25) is 24.6 Å². The number of aliphatic hydroxyl groups excluding tert-OH is 1. The first-order valence-electron chi connectivity index (χ1n) is 15.9. The molecule has 2 rings (SSSR count). The summed E-state index contributed by atoms with van der Waals surface area (Å²) in [6, 6.07) is 10.8. The Labute approximate surface area is 291 Å². The van der Waals surface area contributed by atoms with E-state index in [0.717, 1.165) is 11.3 Å². The molecular weight excluding hydrogens is 652 g/mol. The van der Waals surface area contributed by atoms with Gasteiger partial charge in [0, 0.05) is 13.0 Å². The standard InChI is InChI=1S/C33H50N8O7S/c1-47-27-12-11-22(18-28(27)48-2)16-24(34)30(44)41-25(10-7-14-37-33(35)36)31(45)38-19-29(43)40-26(17-21-8-5-4-6-9-21)32(46)39-23(20-42)13-15-49-3/h4-6,8-9,11-12,18,23-26,42H,7,10,13-17,19-20,34H2,1-3H3,(H,38,45)(H,39,46)(H,40,43)(H,41,44)(H4,35,36,37)/t23-,24-,25+,26-/m0/s1. The summed E-state index contributed by atoms with van der Waals surface area (Å²) in [6.07, 6.45) is 3.33. The number of guanidine groups is 1. The summed E-state index contributed by atoms with van der Waals surface area (Å²) in [7, 11) is 3.01. The molecule has 0 unspecified atom stereocenters. The highest BCUT2D eigenvalue weighted by atomic mass is 32.2. The highest BCUT2D eigenvalue weighted by molar-refractivity contribution is 7.98. The summed E-state index contributed by atoms with van der Waals surface area (Å²) in [5, 5.41) is 30.4. The average molecular weight is 703 g/mol. The summed E-state index contributed by atoms with van der Waals surface area (Å²) in [4.78, 5) is 52.6. The Morgan fingerprint density at radius 1 is 0.857 bits per heavy atom. The second-order valence-corrected chi connectivity index (χ2v) is 12.2. The van der Waals surface area contributed by atoms with Gasteiger partial charge < -0.3 is 52.6 Å². The monoisotopic (exact) mass is 702 g/mol. The number of carbonyl (C=O) groups is 4. The molecule has 2 aromatic rings. The van der Waals surface area contributed by atoms with Crippen LogP contribution < -0.4 is 47.5 Å². The Bertz CT molecular complexity index is 1370. The normalized spacial score (nSPS) is 13.2. The van der Waals surface area contributed by atoms with Crippen LogP contribution in [-0.4, -0.2) is 105 Å². The highest BCUT2D eigenvalue weighted by Crippen LogP contribution is 2.27. The minimum atomic E-state index is -1.06. The maximum atomic E-state index is 13.3. The molecule has 2 aromatic carbocycles. The maximum absolute atomic E-state index is 13.3. The largest absolute Gasteiger partial charge is 0.493 e. The van der Waals surface area contributed by atoms with Gasteiger partial charge in [-0.05, 0) is 61.0 Å². The van der Waals surface area contributed by atoms with Gasteiger partial charge in [-0.15, -0.1) is 0 Å². The van der Waals surface area contributed by atoms with E-state index >= 15 is 0 Å². The van der Waals surface area contributed by atoms with Crippen molar-refractivity contribution in [3.63, 3.8) is 0 Å². The molecule has 0 aliphatic rings. The zero-order valence-electron chi connectivity index (χ0n) is 28.3. The maximum Gasteiger partial charge on any atom is 0.243 e. The molecule has 0 radical (unpaired) electrons. The smallest absolute Gasteiger partial charge is 0.243 e. The molecule has 4 atom stereocenters. The number of hydrogen-bond acceptors (Lipinski definition) is 10. The lowest BCUT2D eigenvalue weighted by Gasteiger charge is -2.23. The fourth-order valence-corrected chi connectivity index (χ4v) is 5.32. The number of rotatable bonds is 22. The minimum Gasteiger partial charge on any atom is -0.493 e. The molecule has 270 valence electrons. The Morgan fingerprint density at radius 3 is 2.20 bits per heavy atom. The first-order chi connectivity index (χ1) is 23.5. The molecule has 0 aromatic heterocycles. The second-order valence-electron chi connectivity index (χ2n) is 11.2. The van der Waals surface area contributed by atoms with Crippen molar-refractivity contribution in [3.05, 3.63) is 59.7 Å². The van der Waals surface area contributed by atoms with Crippen molar-refractivity contribution in [2.75, 3.05) is 45.9 Å². The lowest BCUT2D eigenvalue weighted by atomic mass is 10.0. The third kappa shape index (κ3) is 15.0. The van der Waals surface area contributed by atoms with E-state index in [1.165, 1.54) is 14.2 Å². The molecule has 0 fully saturated rings. The van der Waals surface area contributed by atoms with E-state index in [0.29, 0.717) is 29.9 Å². The van der Waals surface area contributed by atoms with Gasteiger partial charge in [-0.25, -0.2) is 0 Å². The van der Waals surface area contributed by atoms with Crippen LogP contribution in [0, 0.1) is 5.41 Å². The Hall–Kier alpha value is -4.54. The zero-order valence-corrected chi connectivity index (χ0v) is 29.1. The quantitative estimate of drug-likeness (QED) is 0.0426. The van der Waals surface area contributed by atoms with E-state index in [-0.39, 0.29) is 38.4 Å². The summed E-state index contributed by atoms with van der Waals surface area (Å²) in [5.74, 6) is -0.800. The molecule has 4 amide bonds. The van der Waals surface area contributed by atoms with Gasteiger partial charge in [0.1, 0.15) is 12.1 Å². The van der Waals surface area contributed by atoms with Crippen molar-refractivity contribution < 1.29 is 33.8 Å². The fraction of sp³-hybridized carbons (Fsp3) is 0.485. The topological polar surface area (TPSA) is 243 Å². The Morgan fingerprint density at radius 2 is 1.57 bits per heavy atom. The van der Waals surface area contributed by atoms with Crippen molar-refractivity contribution in [2.45, 2.75) is 56.3 Å². The second kappa shape index (κ2) is 22.2. The number of thioether (sulfide) groups is 1. The van der Waals surface area contributed by atoms with Crippen molar-refractivity contribution >= 4 is 41.4 Å². The number of nitrogens with two attached hydrogens (primary N) is 2. The van der Waals surface area contributed by atoms with E-state index in [9.17, 15) is 24.3 Å². The summed E-state index contributed by atoms with van der Waals surface area (Å²) < 4.78 is 10.6. The van der Waals surface area contributed by atoms with E-state index in [1.54, 1.807) is 30.0 Å². The van der Waals surface area contributed by atoms with E-state index in [1.807, 2.05) is 36.6 Å². The molecule has 0 saturated heterocycles. The lowest BCUT2D eigenvalue weighted by molar-refractivity contribution is -0.132. The van der Waals surface area contributed by atoms with Crippen molar-refractivity contribution in [1.82, 2.24) is 26.6 Å². The van der Waals surface area contributed by atoms with Crippen LogP contribution in [0.2, 0.25) is 0 Å². The zero-order chi connectivity index (χ0) is 36.2. The Kier molecular flexibility index (Phi) is 18.4. The molecule has 0 bridgehead atoms. The molecule has 11 N–H and O–H groups in total. The van der Waals surface area contributed by atoms with Crippen molar-refractivity contribution in [3.8, 4) is 11.5 Å². The number of amides is 4. The Balaban J connectivity index is 2.08. The molecule has 16 heteroatoms. The van der Waals surface area contributed by atoms with Crippen LogP contribution in [-0.2, 0) is 32.0 Å². The molecule has 0 heterocycles. The van der Waals surface area contributed by atoms with Gasteiger partial charge in [0.05, 0.1) is 39.5 Å². The number of aliphatic hydroxyl groups is 1. The molecule has 15 nitrogen and oxygen atoms in total. The minimum absolute atomic E-state index is 0.147. The highest BCUT2D eigenvalue weighted by Gasteiger charge is 2.27. The predicted octanol–water partition coefficient (Wildman–Crippen LogP) is -0.604. The van der Waals surface area contributed by atoms with E-state index in [4.69, 9.17) is 26.4 Å². The molecule has 0 saturated carbocycles. The predicted molar refractivity (Wildman–Crippen MR) is 189 cm³/mol. The number of methoxy groups -OCH3 is 2. The third-order valence-corrected chi connectivity index (χ3v) is 8.10. The van der Waals surface area contributed by atoms with Gasteiger partial charge in [-0.1, -0.05) is 36.4 Å². The van der Waals surface area contributed by atoms with Gasteiger partial charge in [0.2, 0.25) is 23.6 Å². The van der Waals surface area contributed by atoms with Gasteiger partial charge in [-0.2, -0.15) is 11.8 Å². The molecule has 0 aliphatic carbocycles. The molecule has 0 aliphatic heterocycles. The summed E-state index contributed by atoms with van der Waals surface area (Å²) in [6.45, 7) is -0.445. The van der Waals surface area contributed by atoms with Gasteiger partial charge >= 0.3 is 0 Å². The van der Waals surface area contributed by atoms with Crippen molar-refractivity contribution in [2.24, 2.45) is 11.5 Å². The summed E-state index contributed by atoms with van der Waals surface area (Å²) >= 11 is 1.59. The van der Waals surface area contributed by atoms with Crippen molar-refractivity contribution in [1.29, 1.82) is 5.41 Å². The first kappa shape index (κ1) is 40.6. The van der Waals surface area contributed by atoms with Gasteiger partial charge in [0.15, 0.2) is 17.5 Å². The third-order valence-electron chi connectivity index (χ3n) is 7.45. The number of benzene rings is 2. The van der Waals surface area contributed by atoms with Crippen LogP contribution in [0.3, 0.4) is 0 Å². The fourth-order valence-electron chi connectivity index (χ4n) is 4.80. The molecule has 49 heavy (non-hydrogen) atoms. The van der Waals surface area contributed by atoms with Crippen LogP contribution in [0.15, 0.2) is 48.5 Å². The number of ether oxygens (including phenoxy) is 2. The number of hydrogen-bond donors (Lipinski definition) is 9. The lowest BCUT2D eigenvalue weighted by Crippen LogP contribution is -2.55.